The van der Waals surface area contributed by atoms with Crippen molar-refractivity contribution in [2.45, 2.75) is 38.8 Å². The van der Waals surface area contributed by atoms with Crippen LogP contribution >= 0.6 is 0 Å². The fourth-order valence-electron chi connectivity index (χ4n) is 4.27. The topological polar surface area (TPSA) is 79.0 Å². The van der Waals surface area contributed by atoms with Gasteiger partial charge in [0.2, 0.25) is 5.91 Å². The summed E-state index contributed by atoms with van der Waals surface area (Å²) in [4.78, 5) is 40.1. The van der Waals surface area contributed by atoms with Gasteiger partial charge in [0.25, 0.3) is 0 Å². The molecule has 146 valence electrons. The molecule has 1 unspecified atom stereocenters. The maximum absolute atomic E-state index is 13.0. The Morgan fingerprint density at radius 1 is 1.22 bits per heavy atom. The molecule has 27 heavy (non-hydrogen) atoms. The van der Waals surface area contributed by atoms with Gasteiger partial charge in [-0.2, -0.15) is 0 Å². The van der Waals surface area contributed by atoms with Gasteiger partial charge < -0.3 is 19.9 Å². The number of piperidine rings is 1. The maximum atomic E-state index is 13.0. The van der Waals surface area contributed by atoms with Gasteiger partial charge in [0.05, 0.1) is 18.6 Å². The average molecular weight is 373 g/mol. The number of urea groups is 1. The van der Waals surface area contributed by atoms with Crippen LogP contribution < -0.4 is 5.32 Å². The molecule has 1 atom stereocenters. The molecule has 1 aromatic rings. The van der Waals surface area contributed by atoms with E-state index in [1.807, 2.05) is 36.9 Å². The minimum Gasteiger partial charge on any atom is -0.468 e. The predicted octanol–water partition coefficient (Wildman–Crippen LogP) is 1.94. The third kappa shape index (κ3) is 3.38. The molecule has 0 aliphatic carbocycles. The monoisotopic (exact) mass is 373 g/mol. The van der Waals surface area contributed by atoms with Crippen molar-refractivity contribution in [3.05, 3.63) is 35.9 Å². The molecule has 1 spiro atoms. The van der Waals surface area contributed by atoms with Crippen molar-refractivity contribution in [2.75, 3.05) is 26.7 Å². The van der Waals surface area contributed by atoms with E-state index in [1.165, 1.54) is 7.11 Å². The van der Waals surface area contributed by atoms with Crippen LogP contribution in [0.15, 0.2) is 30.3 Å². The van der Waals surface area contributed by atoms with Gasteiger partial charge in [-0.05, 0) is 32.3 Å². The van der Waals surface area contributed by atoms with E-state index >= 15 is 0 Å². The van der Waals surface area contributed by atoms with E-state index in [0.29, 0.717) is 25.9 Å². The lowest BCUT2D eigenvalue weighted by Gasteiger charge is -2.60. The van der Waals surface area contributed by atoms with E-state index in [2.05, 4.69) is 22.2 Å². The first-order valence-electron chi connectivity index (χ1n) is 9.38. The second kappa shape index (κ2) is 7.58. The van der Waals surface area contributed by atoms with E-state index in [1.54, 1.807) is 4.90 Å². The molecule has 1 N–H and O–H groups in total. The Balaban J connectivity index is 1.70. The number of benzene rings is 1. The summed E-state index contributed by atoms with van der Waals surface area (Å²) in [5.74, 6) is -0.302. The van der Waals surface area contributed by atoms with Crippen LogP contribution in [0.3, 0.4) is 0 Å². The van der Waals surface area contributed by atoms with Crippen LogP contribution in [0.25, 0.3) is 0 Å². The summed E-state index contributed by atoms with van der Waals surface area (Å²) in [7, 11) is 1.28. The lowest BCUT2D eigenvalue weighted by Crippen LogP contribution is -2.68. The minimum absolute atomic E-state index is 0.0477. The largest absolute Gasteiger partial charge is 0.468 e. The molecule has 2 aliphatic rings. The second-order valence-electron chi connectivity index (χ2n) is 7.50. The summed E-state index contributed by atoms with van der Waals surface area (Å²) < 4.78 is 4.54. The van der Waals surface area contributed by atoms with Crippen molar-refractivity contribution in [3.8, 4) is 0 Å². The first kappa shape index (κ1) is 19.2. The quantitative estimate of drug-likeness (QED) is 0.646. The van der Waals surface area contributed by atoms with E-state index < -0.39 is 11.4 Å². The van der Waals surface area contributed by atoms with E-state index in [0.717, 1.165) is 5.56 Å². The van der Waals surface area contributed by atoms with Crippen molar-refractivity contribution in [3.63, 3.8) is 0 Å². The highest BCUT2D eigenvalue weighted by atomic mass is 16.5. The molecule has 1 aromatic carbocycles. The third-order valence-corrected chi connectivity index (χ3v) is 5.69. The first-order chi connectivity index (χ1) is 12.9. The van der Waals surface area contributed by atoms with Gasteiger partial charge in [-0.3, -0.25) is 9.59 Å². The normalized spacial score (nSPS) is 21.2. The molecule has 0 bridgehead atoms. The number of esters is 1. The predicted molar refractivity (Wildman–Crippen MR) is 99.8 cm³/mol. The summed E-state index contributed by atoms with van der Waals surface area (Å²) in [6, 6.07) is 10.0. The smallest absolute Gasteiger partial charge is 0.325 e. The van der Waals surface area contributed by atoms with Crippen LogP contribution in [0.4, 0.5) is 4.79 Å². The third-order valence-electron chi connectivity index (χ3n) is 5.69. The highest BCUT2D eigenvalue weighted by Gasteiger charge is 2.62. The van der Waals surface area contributed by atoms with Crippen molar-refractivity contribution in [1.82, 2.24) is 15.1 Å². The molecule has 0 aromatic heterocycles. The summed E-state index contributed by atoms with van der Waals surface area (Å²) in [5.41, 5.74) is 0.708. The molecular weight excluding hydrogens is 346 g/mol. The van der Waals surface area contributed by atoms with Crippen molar-refractivity contribution >= 4 is 17.9 Å². The summed E-state index contributed by atoms with van der Waals surface area (Å²) in [6.45, 7) is 4.91. The van der Waals surface area contributed by atoms with Crippen LogP contribution in [0.5, 0.6) is 0 Å². The van der Waals surface area contributed by atoms with Gasteiger partial charge in [0.1, 0.15) is 6.54 Å². The van der Waals surface area contributed by atoms with Crippen LogP contribution in [0, 0.1) is 5.41 Å². The van der Waals surface area contributed by atoms with Gasteiger partial charge in [-0.1, -0.05) is 30.3 Å². The Morgan fingerprint density at radius 2 is 1.85 bits per heavy atom. The highest BCUT2D eigenvalue weighted by Crippen LogP contribution is 2.56. The van der Waals surface area contributed by atoms with Gasteiger partial charge in [-0.15, -0.1) is 0 Å². The molecule has 2 fully saturated rings. The molecule has 2 aliphatic heterocycles. The van der Waals surface area contributed by atoms with Crippen LogP contribution in [0.1, 0.15) is 38.3 Å². The first-order valence-corrected chi connectivity index (χ1v) is 9.38. The van der Waals surface area contributed by atoms with Crippen molar-refractivity contribution in [2.24, 2.45) is 5.41 Å². The van der Waals surface area contributed by atoms with Crippen molar-refractivity contribution in [1.29, 1.82) is 0 Å². The number of likely N-dealkylation sites (tertiary alicyclic amines) is 2. The Morgan fingerprint density at radius 3 is 2.41 bits per heavy atom. The molecule has 3 amide bonds. The molecule has 2 heterocycles. The van der Waals surface area contributed by atoms with Gasteiger partial charge in [0.15, 0.2) is 0 Å². The number of hydrogen-bond acceptors (Lipinski definition) is 4. The number of amides is 3. The Bertz CT molecular complexity index is 711. The Kier molecular flexibility index (Phi) is 5.39. The van der Waals surface area contributed by atoms with E-state index in [4.69, 9.17) is 0 Å². The molecular formula is C20H27N3O4. The number of nitrogens with zero attached hydrogens (tertiary/aromatic N) is 2. The van der Waals surface area contributed by atoms with Crippen LogP contribution in [-0.2, 0) is 14.3 Å². The average Bonchev–Trinajstić information content (AvgIpc) is 2.69. The van der Waals surface area contributed by atoms with Gasteiger partial charge in [0, 0.05) is 19.1 Å². The standard InChI is InChI=1S/C20H27N3O4/c1-14(2)23-17(15-7-5-4-6-8-15)20(18(23)25)9-11-22(12-10-20)19(26)21-13-16(24)27-3/h4-8,14,17H,9-13H2,1-3H3,(H,21,26). The summed E-state index contributed by atoms with van der Waals surface area (Å²) >= 11 is 0. The maximum Gasteiger partial charge on any atom is 0.325 e. The number of methoxy groups -OCH3 is 1. The van der Waals surface area contributed by atoms with Gasteiger partial charge in [-0.25, -0.2) is 4.79 Å². The highest BCUT2D eigenvalue weighted by molar-refractivity contribution is 5.91. The lowest BCUT2D eigenvalue weighted by molar-refractivity contribution is -0.184. The fraction of sp³-hybridized carbons (Fsp3) is 0.550. The number of rotatable bonds is 4. The van der Waals surface area contributed by atoms with E-state index in [-0.39, 0.29) is 30.6 Å². The second-order valence-corrected chi connectivity index (χ2v) is 7.50. The number of carbonyl (C=O) groups is 3. The molecule has 2 saturated heterocycles. The fourth-order valence-corrected chi connectivity index (χ4v) is 4.27. The minimum atomic E-state index is -0.484. The summed E-state index contributed by atoms with van der Waals surface area (Å²) in [6.07, 6.45) is 1.25. The SMILES string of the molecule is COC(=O)CNC(=O)N1CCC2(CC1)C(=O)N(C(C)C)C2c1ccccc1. The number of carbonyl (C=O) groups excluding carboxylic acids is 3. The molecule has 7 heteroatoms. The Labute approximate surface area is 159 Å². The number of hydrogen-bond donors (Lipinski definition) is 1. The zero-order chi connectivity index (χ0) is 19.6. The molecule has 0 radical (unpaired) electrons. The lowest BCUT2D eigenvalue weighted by atomic mass is 9.62. The van der Waals surface area contributed by atoms with Crippen molar-refractivity contribution < 1.29 is 19.1 Å². The molecule has 3 rings (SSSR count). The number of nitrogens with one attached hydrogen (secondary N) is 1. The van der Waals surface area contributed by atoms with E-state index in [9.17, 15) is 14.4 Å². The summed E-state index contributed by atoms with van der Waals surface area (Å²) in [5, 5.41) is 2.56. The Hall–Kier alpha value is -2.57. The number of ether oxygens (including phenoxy) is 1. The van der Waals surface area contributed by atoms with Crippen LogP contribution in [-0.4, -0.2) is 60.5 Å². The molecule has 0 saturated carbocycles. The molecule has 7 nitrogen and oxygen atoms in total. The van der Waals surface area contributed by atoms with Gasteiger partial charge >= 0.3 is 12.0 Å². The number of β-lactam (4-membered cyclic amide) rings is 1. The zero-order valence-electron chi connectivity index (χ0n) is 16.1. The van der Waals surface area contributed by atoms with Crippen LogP contribution in [0.2, 0.25) is 0 Å². The zero-order valence-corrected chi connectivity index (χ0v) is 16.1.